The number of ether oxygens (including phenoxy) is 1. The average molecular weight is 329 g/mol. The van der Waals surface area contributed by atoms with E-state index in [2.05, 4.69) is 38.3 Å². The summed E-state index contributed by atoms with van der Waals surface area (Å²) in [7, 11) is 0. The van der Waals surface area contributed by atoms with Gasteiger partial charge in [0.05, 0.1) is 11.5 Å². The van der Waals surface area contributed by atoms with E-state index in [0.29, 0.717) is 12.0 Å². The van der Waals surface area contributed by atoms with Crippen LogP contribution in [-0.4, -0.2) is 53.8 Å². The van der Waals surface area contributed by atoms with Gasteiger partial charge in [0.2, 0.25) is 0 Å². The molecule has 2 fully saturated rings. The maximum absolute atomic E-state index is 6.07. The van der Waals surface area contributed by atoms with Gasteiger partial charge in [0.15, 0.2) is 0 Å². The van der Waals surface area contributed by atoms with Crippen molar-refractivity contribution in [3.8, 4) is 0 Å². The summed E-state index contributed by atoms with van der Waals surface area (Å²) in [5.41, 5.74) is 2.26. The first-order valence-corrected chi connectivity index (χ1v) is 9.23. The summed E-state index contributed by atoms with van der Waals surface area (Å²) in [5.74, 6) is 1.77. The van der Waals surface area contributed by atoms with Crippen LogP contribution in [-0.2, 0) is 11.2 Å². The van der Waals surface area contributed by atoms with Gasteiger partial charge in [0.1, 0.15) is 17.8 Å². The van der Waals surface area contributed by atoms with E-state index >= 15 is 0 Å². The lowest BCUT2D eigenvalue weighted by atomic mass is 9.97. The number of hydrogen-bond acceptors (Lipinski definition) is 5. The Balaban J connectivity index is 1.39. The van der Waals surface area contributed by atoms with Gasteiger partial charge in [0.25, 0.3) is 0 Å². The molecule has 1 unspecified atom stereocenters. The molecule has 24 heavy (non-hydrogen) atoms. The molecule has 6 heteroatoms. The van der Waals surface area contributed by atoms with Gasteiger partial charge in [-0.1, -0.05) is 6.92 Å². The van der Waals surface area contributed by atoms with E-state index in [9.17, 15) is 0 Å². The van der Waals surface area contributed by atoms with E-state index < -0.39 is 0 Å². The number of piperidine rings is 1. The zero-order valence-electron chi connectivity index (χ0n) is 14.4. The third-order valence-corrected chi connectivity index (χ3v) is 5.41. The number of rotatable bonds is 5. The molecule has 0 aliphatic carbocycles. The molecule has 0 saturated carbocycles. The first kappa shape index (κ1) is 15.8. The molecule has 130 valence electrons. The molecule has 2 aliphatic rings. The number of anilines is 1. The fourth-order valence-electron chi connectivity index (χ4n) is 3.88. The van der Waals surface area contributed by atoms with Gasteiger partial charge in [-0.2, -0.15) is 0 Å². The smallest absolute Gasteiger partial charge is 0.143 e. The van der Waals surface area contributed by atoms with Crippen molar-refractivity contribution in [1.29, 1.82) is 0 Å². The number of aromatic nitrogens is 3. The lowest BCUT2D eigenvalue weighted by Crippen LogP contribution is -2.36. The summed E-state index contributed by atoms with van der Waals surface area (Å²) in [6, 6.07) is 0. The van der Waals surface area contributed by atoms with Crippen LogP contribution in [0, 0.1) is 5.92 Å². The molecule has 0 radical (unpaired) electrons. The monoisotopic (exact) mass is 329 g/mol. The van der Waals surface area contributed by atoms with Crippen LogP contribution in [0.4, 0.5) is 5.82 Å². The van der Waals surface area contributed by atoms with Crippen molar-refractivity contribution in [3.63, 3.8) is 0 Å². The fourth-order valence-corrected chi connectivity index (χ4v) is 3.88. The minimum absolute atomic E-state index is 0.427. The quantitative estimate of drug-likeness (QED) is 0.879. The molecule has 2 N–H and O–H groups in total. The van der Waals surface area contributed by atoms with Crippen LogP contribution < -0.4 is 10.2 Å². The molecular weight excluding hydrogens is 302 g/mol. The normalized spacial score (nSPS) is 22.5. The minimum Gasteiger partial charge on any atom is -0.377 e. The largest absolute Gasteiger partial charge is 0.377 e. The molecule has 0 spiro atoms. The average Bonchev–Trinajstić information content (AvgIpc) is 3.29. The topological polar surface area (TPSA) is 66.1 Å². The maximum Gasteiger partial charge on any atom is 0.143 e. The summed E-state index contributed by atoms with van der Waals surface area (Å²) in [4.78, 5) is 14.7. The zero-order chi connectivity index (χ0) is 16.4. The van der Waals surface area contributed by atoms with Crippen LogP contribution >= 0.6 is 0 Å². The van der Waals surface area contributed by atoms with Crippen molar-refractivity contribution >= 4 is 16.9 Å². The second-order valence-corrected chi connectivity index (χ2v) is 6.97. The Morgan fingerprint density at radius 1 is 1.25 bits per heavy atom. The van der Waals surface area contributed by atoms with Crippen LogP contribution in [0.5, 0.6) is 0 Å². The van der Waals surface area contributed by atoms with Crippen molar-refractivity contribution < 1.29 is 4.74 Å². The minimum atomic E-state index is 0.427. The molecule has 2 aromatic heterocycles. The molecule has 0 amide bonds. The number of fused-ring (bicyclic) bond motifs is 1. The predicted octanol–water partition coefficient (Wildman–Crippen LogP) is 2.12. The molecule has 2 aromatic rings. The number of nitrogens with one attached hydrogen (secondary N) is 2. The summed E-state index contributed by atoms with van der Waals surface area (Å²) in [6.45, 7) is 7.31. The summed E-state index contributed by atoms with van der Waals surface area (Å²) < 4.78 is 6.07. The standard InChI is InChI=1S/C18H27N5O/c1-2-14-9-20-17-16(14)18(22-12-21-17)23-7-4-13(5-8-23)11-24-15-3-6-19-10-15/h9,12-13,15,19H,2-8,10-11H2,1H3,(H,20,21,22). The molecule has 2 saturated heterocycles. The molecular formula is C18H27N5O. The van der Waals surface area contributed by atoms with Crippen LogP contribution in [0.25, 0.3) is 11.0 Å². The van der Waals surface area contributed by atoms with Crippen LogP contribution in [0.2, 0.25) is 0 Å². The lowest BCUT2D eigenvalue weighted by Gasteiger charge is -2.33. The Kier molecular flexibility index (Phi) is 4.67. The van der Waals surface area contributed by atoms with Crippen molar-refractivity contribution in [2.45, 2.75) is 38.7 Å². The highest BCUT2D eigenvalue weighted by Gasteiger charge is 2.24. The van der Waals surface area contributed by atoms with Crippen molar-refractivity contribution in [2.24, 2.45) is 5.92 Å². The molecule has 4 rings (SSSR count). The second kappa shape index (κ2) is 7.07. The number of hydrogen-bond donors (Lipinski definition) is 2. The molecule has 1 atom stereocenters. The molecule has 4 heterocycles. The van der Waals surface area contributed by atoms with Gasteiger partial charge < -0.3 is 19.9 Å². The maximum atomic E-state index is 6.07. The van der Waals surface area contributed by atoms with Crippen LogP contribution in [0.15, 0.2) is 12.5 Å². The molecule has 6 nitrogen and oxygen atoms in total. The van der Waals surface area contributed by atoms with E-state index in [0.717, 1.165) is 57.1 Å². The Bertz CT molecular complexity index is 671. The Labute approximate surface area is 143 Å². The van der Waals surface area contributed by atoms with E-state index in [1.165, 1.54) is 23.8 Å². The lowest BCUT2D eigenvalue weighted by molar-refractivity contribution is 0.0353. The number of aromatic amines is 1. The second-order valence-electron chi connectivity index (χ2n) is 6.97. The van der Waals surface area contributed by atoms with Gasteiger partial charge in [-0.05, 0) is 43.7 Å². The van der Waals surface area contributed by atoms with Gasteiger partial charge in [-0.3, -0.25) is 0 Å². The first-order valence-electron chi connectivity index (χ1n) is 9.23. The Morgan fingerprint density at radius 3 is 2.88 bits per heavy atom. The fraction of sp³-hybridized carbons (Fsp3) is 0.667. The van der Waals surface area contributed by atoms with Gasteiger partial charge in [-0.15, -0.1) is 0 Å². The van der Waals surface area contributed by atoms with Crippen molar-refractivity contribution in [3.05, 3.63) is 18.1 Å². The molecule has 0 aromatic carbocycles. The molecule has 2 aliphatic heterocycles. The number of H-pyrrole nitrogens is 1. The van der Waals surface area contributed by atoms with Crippen LogP contribution in [0.1, 0.15) is 31.7 Å². The third kappa shape index (κ3) is 3.13. The summed E-state index contributed by atoms with van der Waals surface area (Å²) in [5, 5.41) is 4.56. The Morgan fingerprint density at radius 2 is 2.12 bits per heavy atom. The van der Waals surface area contributed by atoms with Gasteiger partial charge >= 0.3 is 0 Å². The molecule has 0 bridgehead atoms. The third-order valence-electron chi connectivity index (χ3n) is 5.41. The van der Waals surface area contributed by atoms with Crippen LogP contribution in [0.3, 0.4) is 0 Å². The van der Waals surface area contributed by atoms with Crippen molar-refractivity contribution in [1.82, 2.24) is 20.3 Å². The number of nitrogens with zero attached hydrogens (tertiary/aromatic N) is 3. The van der Waals surface area contributed by atoms with E-state index in [4.69, 9.17) is 4.74 Å². The summed E-state index contributed by atoms with van der Waals surface area (Å²) in [6.07, 6.45) is 8.69. The Hall–Kier alpha value is -1.66. The highest BCUT2D eigenvalue weighted by molar-refractivity contribution is 5.90. The van der Waals surface area contributed by atoms with E-state index in [1.807, 2.05) is 0 Å². The highest BCUT2D eigenvalue weighted by Crippen LogP contribution is 2.30. The highest BCUT2D eigenvalue weighted by atomic mass is 16.5. The number of aryl methyl sites for hydroxylation is 1. The zero-order valence-corrected chi connectivity index (χ0v) is 14.4. The first-order chi connectivity index (χ1) is 11.8. The van der Waals surface area contributed by atoms with E-state index in [-0.39, 0.29) is 0 Å². The predicted molar refractivity (Wildman–Crippen MR) is 95.4 cm³/mol. The van der Waals surface area contributed by atoms with E-state index in [1.54, 1.807) is 6.33 Å². The van der Waals surface area contributed by atoms with Gasteiger partial charge in [0, 0.05) is 32.4 Å². The SMILES string of the molecule is CCc1c[nH]c2ncnc(N3CCC(COC4CCNC4)CC3)c12. The van der Waals surface area contributed by atoms with Crippen molar-refractivity contribution in [2.75, 3.05) is 37.7 Å². The summed E-state index contributed by atoms with van der Waals surface area (Å²) >= 11 is 0. The van der Waals surface area contributed by atoms with Gasteiger partial charge in [-0.25, -0.2) is 9.97 Å².